The highest BCUT2D eigenvalue weighted by Crippen LogP contribution is 2.31. The van der Waals surface area contributed by atoms with Crippen LogP contribution in [0.3, 0.4) is 0 Å². The van der Waals surface area contributed by atoms with Gasteiger partial charge in [0.05, 0.1) is 12.5 Å². The van der Waals surface area contributed by atoms with E-state index in [0.717, 1.165) is 18.2 Å². The number of rotatable bonds is 4. The Morgan fingerprint density at radius 2 is 1.79 bits per heavy atom. The summed E-state index contributed by atoms with van der Waals surface area (Å²) in [4.78, 5) is 0. The van der Waals surface area contributed by atoms with E-state index in [1.165, 1.54) is 6.07 Å². The summed E-state index contributed by atoms with van der Waals surface area (Å²) in [7, 11) is 0. The Morgan fingerprint density at radius 3 is 2.26 bits per heavy atom. The van der Waals surface area contributed by atoms with Crippen molar-refractivity contribution in [2.24, 2.45) is 5.84 Å². The Morgan fingerprint density at radius 1 is 1.16 bits per heavy atom. The van der Waals surface area contributed by atoms with Gasteiger partial charge in [0.15, 0.2) is 0 Å². The molecule has 9 heteroatoms. The van der Waals surface area contributed by atoms with Crippen LogP contribution >= 0.6 is 0 Å². The first kappa shape index (κ1) is 15.6. The van der Waals surface area contributed by atoms with Crippen molar-refractivity contribution in [3.63, 3.8) is 0 Å². The van der Waals surface area contributed by atoms with Gasteiger partial charge < -0.3 is 4.74 Å². The van der Waals surface area contributed by atoms with Gasteiger partial charge in [-0.3, -0.25) is 11.3 Å². The fourth-order valence-corrected chi connectivity index (χ4v) is 1.43. The van der Waals surface area contributed by atoms with Crippen LogP contribution in [-0.4, -0.2) is 12.5 Å². The Labute approximate surface area is 104 Å². The van der Waals surface area contributed by atoms with Crippen molar-refractivity contribution in [3.05, 3.63) is 29.8 Å². The predicted octanol–water partition coefficient (Wildman–Crippen LogP) is 3.04. The van der Waals surface area contributed by atoms with Crippen molar-refractivity contribution in [1.29, 1.82) is 0 Å². The summed E-state index contributed by atoms with van der Waals surface area (Å²) in [5.41, 5.74) is 1.85. The molecule has 0 bridgehead atoms. The zero-order valence-electron chi connectivity index (χ0n) is 9.35. The highest BCUT2D eigenvalue weighted by Gasteiger charge is 2.33. The molecule has 1 atom stereocenters. The molecule has 0 aromatic heterocycles. The molecule has 0 aliphatic carbocycles. The summed E-state index contributed by atoms with van der Waals surface area (Å²) in [6.07, 6.45) is -10.7. The van der Waals surface area contributed by atoms with E-state index in [0.29, 0.717) is 0 Å². The van der Waals surface area contributed by atoms with Crippen LogP contribution < -0.4 is 16.0 Å². The number of halogens is 6. The van der Waals surface area contributed by atoms with E-state index in [-0.39, 0.29) is 5.56 Å². The van der Waals surface area contributed by atoms with Gasteiger partial charge >= 0.3 is 12.5 Å². The number of hydrazine groups is 1. The fraction of sp³-hybridized carbons (Fsp3) is 0.400. The van der Waals surface area contributed by atoms with Gasteiger partial charge in [0.1, 0.15) is 5.75 Å². The molecule has 1 aromatic carbocycles. The van der Waals surface area contributed by atoms with E-state index < -0.39 is 30.8 Å². The number of benzene rings is 1. The van der Waals surface area contributed by atoms with Crippen molar-refractivity contribution < 1.29 is 31.1 Å². The highest BCUT2D eigenvalue weighted by atomic mass is 19.4. The molecule has 0 amide bonds. The monoisotopic (exact) mass is 288 g/mol. The minimum absolute atomic E-state index is 0.0541. The molecule has 19 heavy (non-hydrogen) atoms. The third-order valence-electron chi connectivity index (χ3n) is 2.13. The normalized spacial score (nSPS) is 14.3. The second-order valence-electron chi connectivity index (χ2n) is 3.66. The van der Waals surface area contributed by atoms with Gasteiger partial charge in [-0.1, -0.05) is 12.1 Å². The molecule has 1 unspecified atom stereocenters. The van der Waals surface area contributed by atoms with Crippen LogP contribution in [0, 0.1) is 0 Å². The molecule has 0 heterocycles. The van der Waals surface area contributed by atoms with Gasteiger partial charge in [-0.15, -0.1) is 13.2 Å². The van der Waals surface area contributed by atoms with Crippen molar-refractivity contribution in [2.45, 2.75) is 25.0 Å². The summed E-state index contributed by atoms with van der Waals surface area (Å²) in [6, 6.07) is 2.86. The number of nitrogens with one attached hydrogen (secondary N) is 1. The minimum atomic E-state index is -4.91. The lowest BCUT2D eigenvalue weighted by molar-refractivity contribution is -0.274. The van der Waals surface area contributed by atoms with Crippen molar-refractivity contribution >= 4 is 0 Å². The second-order valence-corrected chi connectivity index (χ2v) is 3.66. The topological polar surface area (TPSA) is 47.3 Å². The van der Waals surface area contributed by atoms with Crippen molar-refractivity contribution in [3.8, 4) is 5.75 Å². The molecule has 0 radical (unpaired) electrons. The zero-order chi connectivity index (χ0) is 14.7. The molecule has 0 saturated heterocycles. The minimum Gasteiger partial charge on any atom is -0.406 e. The van der Waals surface area contributed by atoms with E-state index in [1.54, 1.807) is 0 Å². The average Bonchev–Trinajstić information content (AvgIpc) is 2.22. The van der Waals surface area contributed by atoms with E-state index in [4.69, 9.17) is 5.84 Å². The first-order valence-corrected chi connectivity index (χ1v) is 4.99. The summed E-state index contributed by atoms with van der Waals surface area (Å²) >= 11 is 0. The Hall–Kier alpha value is -1.48. The standard InChI is InChI=1S/C10H10F6N2O/c11-9(12,13)5-8(18-17)6-2-1-3-7(4-6)19-10(14,15)16/h1-4,8,18H,5,17H2. The lowest BCUT2D eigenvalue weighted by Gasteiger charge is -2.19. The maximum absolute atomic E-state index is 12.2. The predicted molar refractivity (Wildman–Crippen MR) is 53.9 cm³/mol. The molecule has 0 saturated carbocycles. The van der Waals surface area contributed by atoms with Crippen LogP contribution in [0.15, 0.2) is 24.3 Å². The van der Waals surface area contributed by atoms with Gasteiger partial charge in [0, 0.05) is 0 Å². The van der Waals surface area contributed by atoms with Crippen LogP contribution in [0.25, 0.3) is 0 Å². The number of hydrogen-bond acceptors (Lipinski definition) is 3. The first-order valence-electron chi connectivity index (χ1n) is 4.99. The summed E-state index contributed by atoms with van der Waals surface area (Å²) in [6.45, 7) is 0. The van der Waals surface area contributed by atoms with Gasteiger partial charge in [-0.2, -0.15) is 13.2 Å². The maximum atomic E-state index is 12.2. The molecule has 3 nitrogen and oxygen atoms in total. The van der Waals surface area contributed by atoms with E-state index in [1.807, 2.05) is 5.43 Å². The summed E-state index contributed by atoms with van der Waals surface area (Å²) in [5.74, 6) is 4.37. The fourth-order valence-electron chi connectivity index (χ4n) is 1.43. The molecule has 108 valence electrons. The largest absolute Gasteiger partial charge is 0.573 e. The van der Waals surface area contributed by atoms with Crippen LogP contribution in [0.4, 0.5) is 26.3 Å². The molecule has 1 rings (SSSR count). The van der Waals surface area contributed by atoms with Crippen molar-refractivity contribution in [1.82, 2.24) is 5.43 Å². The van der Waals surface area contributed by atoms with Crippen LogP contribution in [0.5, 0.6) is 5.75 Å². The Kier molecular flexibility index (Phi) is 4.64. The number of hydrogen-bond donors (Lipinski definition) is 2. The quantitative estimate of drug-likeness (QED) is 0.508. The molecule has 0 aliphatic rings. The summed E-state index contributed by atoms with van der Waals surface area (Å²) < 4.78 is 76.3. The van der Waals surface area contributed by atoms with Gasteiger partial charge in [-0.25, -0.2) is 0 Å². The molecular formula is C10H10F6N2O. The lowest BCUT2D eigenvalue weighted by Crippen LogP contribution is -2.31. The molecule has 3 N–H and O–H groups in total. The average molecular weight is 288 g/mol. The zero-order valence-corrected chi connectivity index (χ0v) is 9.35. The maximum Gasteiger partial charge on any atom is 0.573 e. The van der Waals surface area contributed by atoms with Crippen LogP contribution in [-0.2, 0) is 0 Å². The third kappa shape index (κ3) is 5.79. The van der Waals surface area contributed by atoms with E-state index in [2.05, 4.69) is 4.74 Å². The third-order valence-corrected chi connectivity index (χ3v) is 2.13. The SMILES string of the molecule is NNC(CC(F)(F)F)c1cccc(OC(F)(F)F)c1. The van der Waals surface area contributed by atoms with E-state index in [9.17, 15) is 26.3 Å². The Bertz CT molecular complexity index is 417. The number of nitrogens with two attached hydrogens (primary N) is 1. The number of alkyl halides is 6. The van der Waals surface area contributed by atoms with E-state index >= 15 is 0 Å². The van der Waals surface area contributed by atoms with Gasteiger partial charge in [0.2, 0.25) is 0 Å². The molecule has 0 spiro atoms. The summed E-state index contributed by atoms with van der Waals surface area (Å²) in [5, 5.41) is 0. The number of ether oxygens (including phenoxy) is 1. The molecule has 0 fully saturated rings. The molecular weight excluding hydrogens is 278 g/mol. The van der Waals surface area contributed by atoms with Gasteiger partial charge in [-0.05, 0) is 17.7 Å². The smallest absolute Gasteiger partial charge is 0.406 e. The highest BCUT2D eigenvalue weighted by molar-refractivity contribution is 5.30. The van der Waals surface area contributed by atoms with Crippen LogP contribution in [0.1, 0.15) is 18.0 Å². The molecule has 0 aliphatic heterocycles. The molecule has 1 aromatic rings. The van der Waals surface area contributed by atoms with Crippen molar-refractivity contribution in [2.75, 3.05) is 0 Å². The first-order chi connectivity index (χ1) is 8.61. The van der Waals surface area contributed by atoms with Crippen LogP contribution in [0.2, 0.25) is 0 Å². The Balaban J connectivity index is 2.90. The lowest BCUT2D eigenvalue weighted by atomic mass is 10.0. The van der Waals surface area contributed by atoms with Gasteiger partial charge in [0.25, 0.3) is 0 Å². The second kappa shape index (κ2) is 5.66.